The molecule has 88 valence electrons. The number of benzene rings is 1. The average molecular weight is 239 g/mol. The quantitative estimate of drug-likeness (QED) is 0.834. The molecule has 1 aliphatic rings. The maximum atomic E-state index is 10.2. The molecule has 0 aromatic heterocycles. The van der Waals surface area contributed by atoms with Crippen molar-refractivity contribution in [3.8, 4) is 0 Å². The smallest absolute Gasteiger partial charge is 0.0795 e. The minimum absolute atomic E-state index is 0.346. The van der Waals surface area contributed by atoms with Gasteiger partial charge in [0.2, 0.25) is 0 Å². The molecule has 0 bridgehead atoms. The van der Waals surface area contributed by atoms with Crippen LogP contribution in [0.4, 0.5) is 0 Å². The molecule has 2 heteroatoms. The van der Waals surface area contributed by atoms with Crippen molar-refractivity contribution in [1.82, 2.24) is 0 Å². The van der Waals surface area contributed by atoms with Crippen LogP contribution in [0, 0.1) is 12.8 Å². The fraction of sp³-hybridized carbons (Fsp3) is 0.571. The van der Waals surface area contributed by atoms with E-state index in [1.165, 1.54) is 25.7 Å². The van der Waals surface area contributed by atoms with Crippen LogP contribution in [0.2, 0.25) is 5.02 Å². The van der Waals surface area contributed by atoms with Gasteiger partial charge in [0, 0.05) is 5.02 Å². The molecule has 0 aliphatic heterocycles. The highest BCUT2D eigenvalue weighted by atomic mass is 35.5. The first-order chi connectivity index (χ1) is 7.66. The minimum atomic E-state index is -0.346. The zero-order valence-corrected chi connectivity index (χ0v) is 10.5. The second kappa shape index (κ2) is 5.20. The minimum Gasteiger partial charge on any atom is -0.388 e. The fourth-order valence-corrected chi connectivity index (χ4v) is 2.84. The molecule has 1 aromatic carbocycles. The summed E-state index contributed by atoms with van der Waals surface area (Å²) in [6.07, 6.45) is 5.74. The molecule has 0 saturated heterocycles. The summed E-state index contributed by atoms with van der Waals surface area (Å²) >= 11 is 5.97. The highest BCUT2D eigenvalue weighted by Gasteiger charge is 2.20. The van der Waals surface area contributed by atoms with E-state index >= 15 is 0 Å². The van der Waals surface area contributed by atoms with Gasteiger partial charge in [-0.2, -0.15) is 0 Å². The van der Waals surface area contributed by atoms with E-state index in [1.54, 1.807) is 0 Å². The molecule has 0 amide bonds. The Labute approximate surface area is 102 Å². The average Bonchev–Trinajstić information content (AvgIpc) is 2.74. The highest BCUT2D eigenvalue weighted by Crippen LogP contribution is 2.34. The van der Waals surface area contributed by atoms with Crippen molar-refractivity contribution in [3.05, 3.63) is 34.3 Å². The maximum Gasteiger partial charge on any atom is 0.0795 e. The van der Waals surface area contributed by atoms with Crippen molar-refractivity contribution >= 4 is 11.6 Å². The van der Waals surface area contributed by atoms with Crippen LogP contribution >= 0.6 is 11.6 Å². The lowest BCUT2D eigenvalue weighted by Crippen LogP contribution is -2.05. The number of halogens is 1. The van der Waals surface area contributed by atoms with Gasteiger partial charge >= 0.3 is 0 Å². The van der Waals surface area contributed by atoms with Gasteiger partial charge < -0.3 is 5.11 Å². The summed E-state index contributed by atoms with van der Waals surface area (Å²) in [5.74, 6) is 0.702. The molecular formula is C14H19ClO. The Hall–Kier alpha value is -0.530. The summed E-state index contributed by atoms with van der Waals surface area (Å²) in [5.41, 5.74) is 2.13. The Morgan fingerprint density at radius 2 is 2.06 bits per heavy atom. The van der Waals surface area contributed by atoms with Crippen LogP contribution in [-0.2, 0) is 0 Å². The van der Waals surface area contributed by atoms with Gasteiger partial charge in [-0.3, -0.25) is 0 Å². The summed E-state index contributed by atoms with van der Waals surface area (Å²) in [5, 5.41) is 10.9. The summed E-state index contributed by atoms with van der Waals surface area (Å²) in [6, 6.07) is 5.76. The van der Waals surface area contributed by atoms with E-state index in [0.29, 0.717) is 10.9 Å². The number of rotatable bonds is 3. The third kappa shape index (κ3) is 2.78. The van der Waals surface area contributed by atoms with Crippen molar-refractivity contribution < 1.29 is 5.11 Å². The summed E-state index contributed by atoms with van der Waals surface area (Å²) < 4.78 is 0. The highest BCUT2D eigenvalue weighted by molar-refractivity contribution is 6.30. The first-order valence-electron chi connectivity index (χ1n) is 6.11. The molecule has 1 atom stereocenters. The molecule has 0 heterocycles. The van der Waals surface area contributed by atoms with E-state index in [2.05, 4.69) is 0 Å². The largest absolute Gasteiger partial charge is 0.388 e. The predicted molar refractivity (Wildman–Crippen MR) is 67.7 cm³/mol. The Kier molecular flexibility index (Phi) is 3.88. The number of hydrogen-bond acceptors (Lipinski definition) is 1. The standard InChI is InChI=1S/C14H19ClO/c1-10-6-7-12(15)9-13(10)14(16)8-11-4-2-3-5-11/h6-7,9,11,14,16H,2-5,8H2,1H3. The molecule has 1 nitrogen and oxygen atoms in total. The molecule has 0 radical (unpaired) electrons. The van der Waals surface area contributed by atoms with Crippen LogP contribution in [0.3, 0.4) is 0 Å². The number of aliphatic hydroxyl groups excluding tert-OH is 1. The van der Waals surface area contributed by atoms with Crippen LogP contribution in [0.5, 0.6) is 0 Å². The van der Waals surface area contributed by atoms with Gasteiger partial charge in [-0.25, -0.2) is 0 Å². The lowest BCUT2D eigenvalue weighted by molar-refractivity contribution is 0.144. The van der Waals surface area contributed by atoms with Crippen LogP contribution in [0.15, 0.2) is 18.2 Å². The van der Waals surface area contributed by atoms with Crippen LogP contribution in [0.1, 0.15) is 49.3 Å². The second-order valence-corrected chi connectivity index (χ2v) is 5.34. The van der Waals surface area contributed by atoms with Crippen molar-refractivity contribution in [3.63, 3.8) is 0 Å². The van der Waals surface area contributed by atoms with Crippen molar-refractivity contribution in [2.45, 2.75) is 45.1 Å². The van der Waals surface area contributed by atoms with E-state index in [0.717, 1.165) is 17.5 Å². The fourth-order valence-electron chi connectivity index (χ4n) is 2.66. The van der Waals surface area contributed by atoms with Gasteiger partial charge in [0.15, 0.2) is 0 Å². The van der Waals surface area contributed by atoms with Gasteiger partial charge in [-0.15, -0.1) is 0 Å². The summed E-state index contributed by atoms with van der Waals surface area (Å²) in [6.45, 7) is 2.03. The maximum absolute atomic E-state index is 10.2. The van der Waals surface area contributed by atoms with Gasteiger partial charge in [0.05, 0.1) is 6.10 Å². The van der Waals surface area contributed by atoms with Gasteiger partial charge in [-0.1, -0.05) is 43.4 Å². The van der Waals surface area contributed by atoms with Gasteiger partial charge in [0.1, 0.15) is 0 Å². The Morgan fingerprint density at radius 1 is 1.38 bits per heavy atom. The number of hydrogen-bond donors (Lipinski definition) is 1. The van der Waals surface area contributed by atoms with Crippen LogP contribution < -0.4 is 0 Å². The zero-order chi connectivity index (χ0) is 11.5. The molecule has 2 rings (SSSR count). The Morgan fingerprint density at radius 3 is 2.75 bits per heavy atom. The second-order valence-electron chi connectivity index (χ2n) is 4.90. The molecule has 1 fully saturated rings. The molecular weight excluding hydrogens is 220 g/mol. The third-order valence-corrected chi connectivity index (χ3v) is 3.87. The van der Waals surface area contributed by atoms with E-state index in [1.807, 2.05) is 25.1 Å². The van der Waals surface area contributed by atoms with Crippen molar-refractivity contribution in [2.24, 2.45) is 5.92 Å². The molecule has 1 saturated carbocycles. The summed E-state index contributed by atoms with van der Waals surface area (Å²) in [4.78, 5) is 0. The van der Waals surface area contributed by atoms with E-state index in [-0.39, 0.29) is 6.10 Å². The SMILES string of the molecule is Cc1ccc(Cl)cc1C(O)CC1CCCC1. The molecule has 1 aliphatic carbocycles. The lowest BCUT2D eigenvalue weighted by atomic mass is 9.93. The van der Waals surface area contributed by atoms with E-state index in [4.69, 9.17) is 11.6 Å². The van der Waals surface area contributed by atoms with Gasteiger partial charge in [0.25, 0.3) is 0 Å². The third-order valence-electron chi connectivity index (χ3n) is 3.63. The van der Waals surface area contributed by atoms with Crippen molar-refractivity contribution in [1.29, 1.82) is 0 Å². The predicted octanol–water partition coefficient (Wildman–Crippen LogP) is 4.26. The first kappa shape index (κ1) is 11.9. The summed E-state index contributed by atoms with van der Waals surface area (Å²) in [7, 11) is 0. The number of aliphatic hydroxyl groups is 1. The monoisotopic (exact) mass is 238 g/mol. The normalized spacial score (nSPS) is 18.9. The molecule has 1 unspecified atom stereocenters. The lowest BCUT2D eigenvalue weighted by Gasteiger charge is -2.17. The molecule has 16 heavy (non-hydrogen) atoms. The zero-order valence-electron chi connectivity index (χ0n) is 9.75. The molecule has 1 N–H and O–H groups in total. The van der Waals surface area contributed by atoms with Gasteiger partial charge in [-0.05, 0) is 42.5 Å². The van der Waals surface area contributed by atoms with E-state index in [9.17, 15) is 5.11 Å². The molecule has 1 aromatic rings. The first-order valence-corrected chi connectivity index (χ1v) is 6.48. The van der Waals surface area contributed by atoms with Crippen molar-refractivity contribution in [2.75, 3.05) is 0 Å². The van der Waals surface area contributed by atoms with E-state index < -0.39 is 0 Å². The Bertz CT molecular complexity index is 356. The number of aryl methyl sites for hydroxylation is 1. The topological polar surface area (TPSA) is 20.2 Å². The molecule has 0 spiro atoms. The Balaban J connectivity index is 2.07. The van der Waals surface area contributed by atoms with Crippen LogP contribution in [0.25, 0.3) is 0 Å². The van der Waals surface area contributed by atoms with Crippen LogP contribution in [-0.4, -0.2) is 5.11 Å².